The number of aromatic nitrogens is 2. The van der Waals surface area contributed by atoms with Crippen molar-refractivity contribution in [3.8, 4) is 0 Å². The molecule has 0 bridgehead atoms. The van der Waals surface area contributed by atoms with Gasteiger partial charge in [-0.25, -0.2) is 18.7 Å². The van der Waals surface area contributed by atoms with Crippen molar-refractivity contribution in [3.05, 3.63) is 53.1 Å². The number of carbonyl (C=O) groups is 2. The monoisotopic (exact) mass is 306 g/mol. The minimum absolute atomic E-state index is 0.0760. The average molecular weight is 306 g/mol. The fourth-order valence-corrected chi connectivity index (χ4v) is 1.73. The number of carbonyl (C=O) groups excluding carboxylic acids is 2. The van der Waals surface area contributed by atoms with Crippen molar-refractivity contribution in [2.75, 3.05) is 5.32 Å². The molecule has 0 saturated carbocycles. The number of anilines is 1. The first-order valence-electron chi connectivity index (χ1n) is 6.22. The zero-order valence-corrected chi connectivity index (χ0v) is 11.5. The summed E-state index contributed by atoms with van der Waals surface area (Å²) in [7, 11) is 0. The van der Waals surface area contributed by atoms with Crippen LogP contribution in [0.2, 0.25) is 0 Å². The third-order valence-corrected chi connectivity index (χ3v) is 2.74. The van der Waals surface area contributed by atoms with Gasteiger partial charge in [0.1, 0.15) is 17.2 Å². The van der Waals surface area contributed by atoms with E-state index in [1.165, 1.54) is 31.2 Å². The van der Waals surface area contributed by atoms with E-state index in [9.17, 15) is 18.4 Å². The second-order valence-corrected chi connectivity index (χ2v) is 4.42. The van der Waals surface area contributed by atoms with Crippen molar-refractivity contribution in [1.29, 1.82) is 0 Å². The third-order valence-electron chi connectivity index (χ3n) is 2.74. The lowest BCUT2D eigenvalue weighted by Gasteiger charge is -2.07. The van der Waals surface area contributed by atoms with E-state index < -0.39 is 23.9 Å². The lowest BCUT2D eigenvalue weighted by molar-refractivity contribution is 0.0997. The molecule has 1 aromatic heterocycles. The SMILES string of the molecule is Cc1nc(C(=O)Nc2ccc(C(N)=O)cc2)cc(C(F)F)n1. The Bertz CT molecular complexity index is 717. The van der Waals surface area contributed by atoms with Gasteiger partial charge in [0.05, 0.1) is 0 Å². The van der Waals surface area contributed by atoms with E-state index in [0.29, 0.717) is 5.69 Å². The van der Waals surface area contributed by atoms with Crippen LogP contribution in [-0.2, 0) is 0 Å². The minimum atomic E-state index is -2.79. The van der Waals surface area contributed by atoms with E-state index in [1.807, 2.05) is 0 Å². The van der Waals surface area contributed by atoms with Gasteiger partial charge in [0.25, 0.3) is 12.3 Å². The quantitative estimate of drug-likeness (QED) is 0.903. The van der Waals surface area contributed by atoms with Crippen LogP contribution < -0.4 is 11.1 Å². The molecule has 0 saturated heterocycles. The van der Waals surface area contributed by atoms with Gasteiger partial charge in [-0.05, 0) is 37.3 Å². The second-order valence-electron chi connectivity index (χ2n) is 4.42. The van der Waals surface area contributed by atoms with Gasteiger partial charge in [-0.1, -0.05) is 0 Å². The first-order chi connectivity index (χ1) is 10.4. The molecule has 6 nitrogen and oxygen atoms in total. The van der Waals surface area contributed by atoms with Crippen LogP contribution in [0, 0.1) is 6.92 Å². The number of amides is 2. The van der Waals surface area contributed by atoms with Gasteiger partial charge in [0.15, 0.2) is 0 Å². The third kappa shape index (κ3) is 3.60. The van der Waals surface area contributed by atoms with Gasteiger partial charge >= 0.3 is 0 Å². The molecular weight excluding hydrogens is 294 g/mol. The first kappa shape index (κ1) is 15.5. The lowest BCUT2D eigenvalue weighted by Crippen LogP contribution is -2.16. The molecule has 8 heteroatoms. The summed E-state index contributed by atoms with van der Waals surface area (Å²) in [4.78, 5) is 30.4. The van der Waals surface area contributed by atoms with Crippen LogP contribution in [0.4, 0.5) is 14.5 Å². The maximum Gasteiger partial charge on any atom is 0.280 e. The molecule has 0 radical (unpaired) electrons. The number of halogens is 2. The summed E-state index contributed by atoms with van der Waals surface area (Å²) in [5.41, 5.74) is 5.09. The molecule has 0 aliphatic rings. The topological polar surface area (TPSA) is 98.0 Å². The van der Waals surface area contributed by atoms with Crippen molar-refractivity contribution in [1.82, 2.24) is 9.97 Å². The minimum Gasteiger partial charge on any atom is -0.366 e. The van der Waals surface area contributed by atoms with E-state index in [1.54, 1.807) is 0 Å². The number of rotatable bonds is 4. The van der Waals surface area contributed by atoms with Gasteiger partial charge in [0, 0.05) is 11.3 Å². The number of aryl methyl sites for hydroxylation is 1. The first-order valence-corrected chi connectivity index (χ1v) is 6.22. The van der Waals surface area contributed by atoms with E-state index in [0.717, 1.165) is 6.07 Å². The molecule has 0 aliphatic carbocycles. The zero-order chi connectivity index (χ0) is 16.3. The van der Waals surface area contributed by atoms with Crippen LogP contribution in [0.25, 0.3) is 0 Å². The highest BCUT2D eigenvalue weighted by Crippen LogP contribution is 2.18. The smallest absolute Gasteiger partial charge is 0.280 e. The molecule has 2 amide bonds. The molecule has 3 N–H and O–H groups in total. The highest BCUT2D eigenvalue weighted by Gasteiger charge is 2.16. The van der Waals surface area contributed by atoms with E-state index in [-0.39, 0.29) is 17.1 Å². The highest BCUT2D eigenvalue weighted by atomic mass is 19.3. The van der Waals surface area contributed by atoms with Crippen LogP contribution in [0.3, 0.4) is 0 Å². The van der Waals surface area contributed by atoms with Gasteiger partial charge < -0.3 is 11.1 Å². The van der Waals surface area contributed by atoms with Crippen LogP contribution in [-0.4, -0.2) is 21.8 Å². The Morgan fingerprint density at radius 2 is 1.82 bits per heavy atom. The lowest BCUT2D eigenvalue weighted by atomic mass is 10.2. The Balaban J connectivity index is 2.20. The normalized spacial score (nSPS) is 10.5. The molecule has 2 aromatic rings. The fourth-order valence-electron chi connectivity index (χ4n) is 1.73. The summed E-state index contributed by atoms with van der Waals surface area (Å²) in [6, 6.07) is 6.76. The number of nitrogens with two attached hydrogens (primary N) is 1. The molecule has 0 fully saturated rings. The highest BCUT2D eigenvalue weighted by molar-refractivity contribution is 6.03. The van der Waals surface area contributed by atoms with Crippen molar-refractivity contribution in [3.63, 3.8) is 0 Å². The summed E-state index contributed by atoms with van der Waals surface area (Å²) in [6.45, 7) is 1.42. The predicted molar refractivity (Wildman–Crippen MR) is 74.6 cm³/mol. The Hall–Kier alpha value is -2.90. The largest absolute Gasteiger partial charge is 0.366 e. The number of alkyl halides is 2. The average Bonchev–Trinajstić information content (AvgIpc) is 2.47. The number of nitrogens with one attached hydrogen (secondary N) is 1. The van der Waals surface area contributed by atoms with E-state index >= 15 is 0 Å². The molecule has 0 unspecified atom stereocenters. The number of benzene rings is 1. The van der Waals surface area contributed by atoms with Gasteiger partial charge in [-0.2, -0.15) is 0 Å². The van der Waals surface area contributed by atoms with E-state index in [4.69, 9.17) is 5.73 Å². The van der Waals surface area contributed by atoms with Crippen molar-refractivity contribution in [2.24, 2.45) is 5.73 Å². The summed E-state index contributed by atoms with van der Waals surface area (Å²) in [5.74, 6) is -1.17. The number of nitrogens with zero attached hydrogens (tertiary/aromatic N) is 2. The van der Waals surface area contributed by atoms with Crippen LogP contribution in [0.1, 0.15) is 38.8 Å². The molecule has 0 atom stereocenters. The van der Waals surface area contributed by atoms with Gasteiger partial charge in [0.2, 0.25) is 5.91 Å². The Labute approximate surface area is 124 Å². The molecule has 0 spiro atoms. The molecule has 1 aromatic carbocycles. The maximum atomic E-state index is 12.7. The standard InChI is InChI=1S/C14H12F2N4O2/c1-7-18-10(12(15)16)6-11(19-7)14(22)20-9-4-2-8(3-5-9)13(17)21/h2-6,12H,1H3,(H2,17,21)(H,20,22). The Morgan fingerprint density at radius 3 is 2.36 bits per heavy atom. The molecule has 1 heterocycles. The number of hydrogen-bond donors (Lipinski definition) is 2. The second kappa shape index (κ2) is 6.25. The van der Waals surface area contributed by atoms with Gasteiger partial charge in [-0.15, -0.1) is 0 Å². The van der Waals surface area contributed by atoms with Crippen molar-refractivity contribution >= 4 is 17.5 Å². The van der Waals surface area contributed by atoms with Crippen molar-refractivity contribution in [2.45, 2.75) is 13.3 Å². The van der Waals surface area contributed by atoms with Crippen LogP contribution in [0.15, 0.2) is 30.3 Å². The van der Waals surface area contributed by atoms with Gasteiger partial charge in [-0.3, -0.25) is 9.59 Å². The molecule has 22 heavy (non-hydrogen) atoms. The Kier molecular flexibility index (Phi) is 4.40. The maximum absolute atomic E-state index is 12.7. The molecular formula is C14H12F2N4O2. The zero-order valence-electron chi connectivity index (χ0n) is 11.5. The number of primary amides is 1. The molecule has 114 valence electrons. The van der Waals surface area contributed by atoms with Crippen LogP contribution in [0.5, 0.6) is 0 Å². The van der Waals surface area contributed by atoms with Crippen molar-refractivity contribution < 1.29 is 18.4 Å². The molecule has 0 aliphatic heterocycles. The Morgan fingerprint density at radius 1 is 1.18 bits per heavy atom. The van der Waals surface area contributed by atoms with Crippen LogP contribution >= 0.6 is 0 Å². The summed E-state index contributed by atoms with van der Waals surface area (Å²) in [6.07, 6.45) is -2.79. The number of hydrogen-bond acceptors (Lipinski definition) is 4. The summed E-state index contributed by atoms with van der Waals surface area (Å²) < 4.78 is 25.3. The fraction of sp³-hybridized carbons (Fsp3) is 0.143. The predicted octanol–water partition coefficient (Wildman–Crippen LogP) is 2.07. The summed E-state index contributed by atoms with van der Waals surface area (Å²) in [5, 5.41) is 2.49. The summed E-state index contributed by atoms with van der Waals surface area (Å²) >= 11 is 0. The molecule has 2 rings (SSSR count). The van der Waals surface area contributed by atoms with E-state index in [2.05, 4.69) is 15.3 Å².